The highest BCUT2D eigenvalue weighted by molar-refractivity contribution is 6.13. The van der Waals surface area contributed by atoms with Crippen LogP contribution in [0.2, 0.25) is 0 Å². The molecule has 0 aliphatic heterocycles. The first-order valence-corrected chi connectivity index (χ1v) is 8.99. The van der Waals surface area contributed by atoms with Gasteiger partial charge in [-0.05, 0) is 68.1 Å². The highest BCUT2D eigenvalue weighted by atomic mass is 16.2. The molecule has 140 valence electrons. The first-order chi connectivity index (χ1) is 12.9. The van der Waals surface area contributed by atoms with Gasteiger partial charge in [0, 0.05) is 37.2 Å². The lowest BCUT2D eigenvalue weighted by Gasteiger charge is -2.23. The summed E-state index contributed by atoms with van der Waals surface area (Å²) in [4.78, 5) is 42.5. The molecule has 1 saturated carbocycles. The Balaban J connectivity index is 1.60. The van der Waals surface area contributed by atoms with Crippen LogP contribution < -0.4 is 5.32 Å². The molecular formula is C21H23N3O3. The minimum absolute atomic E-state index is 0.0301. The average Bonchev–Trinajstić information content (AvgIpc) is 3.49. The fourth-order valence-electron chi connectivity index (χ4n) is 3.02. The number of hydrogen-bond acceptors (Lipinski definition) is 4. The van der Waals surface area contributed by atoms with Crippen molar-refractivity contribution in [2.75, 3.05) is 18.9 Å². The molecule has 1 aliphatic rings. The fourth-order valence-corrected chi connectivity index (χ4v) is 3.02. The second-order valence-corrected chi connectivity index (χ2v) is 7.00. The molecule has 0 spiro atoms. The number of likely N-dealkylation sites (N-methyl/N-ethyl adjacent to an activating group) is 1. The molecule has 1 heterocycles. The monoisotopic (exact) mass is 365 g/mol. The van der Waals surface area contributed by atoms with Crippen LogP contribution in [0.1, 0.15) is 35.7 Å². The van der Waals surface area contributed by atoms with Crippen molar-refractivity contribution in [3.05, 3.63) is 59.9 Å². The smallest absolute Gasteiger partial charge is 0.240 e. The SMILES string of the molecule is CC(=O)c1ccc(NC(=O)C2(C(=O)N(C)CCc3ccncc3)CC2)cc1. The summed E-state index contributed by atoms with van der Waals surface area (Å²) in [5.41, 5.74) is 1.31. The Morgan fingerprint density at radius 2 is 1.70 bits per heavy atom. The van der Waals surface area contributed by atoms with Crippen molar-refractivity contribution in [2.24, 2.45) is 5.41 Å². The van der Waals surface area contributed by atoms with Gasteiger partial charge in [-0.1, -0.05) is 0 Å². The number of Topliss-reactive ketones (excluding diaryl/α,β-unsaturated/α-hetero) is 1. The molecule has 1 aromatic heterocycles. The number of carbonyl (C=O) groups is 3. The number of pyridine rings is 1. The van der Waals surface area contributed by atoms with E-state index in [1.54, 1.807) is 48.6 Å². The maximum absolute atomic E-state index is 12.8. The minimum atomic E-state index is -0.966. The van der Waals surface area contributed by atoms with E-state index in [-0.39, 0.29) is 17.6 Å². The van der Waals surface area contributed by atoms with Gasteiger partial charge >= 0.3 is 0 Å². The van der Waals surface area contributed by atoms with E-state index in [1.165, 1.54) is 6.92 Å². The number of benzene rings is 1. The van der Waals surface area contributed by atoms with Crippen molar-refractivity contribution in [1.29, 1.82) is 0 Å². The summed E-state index contributed by atoms with van der Waals surface area (Å²) in [7, 11) is 1.73. The van der Waals surface area contributed by atoms with Gasteiger partial charge < -0.3 is 10.2 Å². The van der Waals surface area contributed by atoms with Crippen LogP contribution in [0.15, 0.2) is 48.8 Å². The lowest BCUT2D eigenvalue weighted by molar-refractivity contribution is -0.141. The molecule has 0 bridgehead atoms. The van der Waals surface area contributed by atoms with Gasteiger partial charge in [0.05, 0.1) is 0 Å². The molecule has 1 aliphatic carbocycles. The standard InChI is InChI=1S/C21H23N3O3/c1-15(25)17-3-5-18(6-4-17)23-19(26)21(10-11-21)20(27)24(2)14-9-16-7-12-22-13-8-16/h3-8,12-13H,9-11,14H2,1-2H3,(H,23,26). The van der Waals surface area contributed by atoms with Gasteiger partial charge in [0.1, 0.15) is 5.41 Å². The number of amides is 2. The molecule has 6 nitrogen and oxygen atoms in total. The largest absolute Gasteiger partial charge is 0.344 e. The molecule has 1 N–H and O–H groups in total. The Bertz CT molecular complexity index is 843. The van der Waals surface area contributed by atoms with Gasteiger partial charge in [-0.25, -0.2) is 0 Å². The topological polar surface area (TPSA) is 79.4 Å². The van der Waals surface area contributed by atoms with Crippen molar-refractivity contribution >= 4 is 23.3 Å². The van der Waals surface area contributed by atoms with Crippen molar-refractivity contribution in [3.63, 3.8) is 0 Å². The molecule has 0 unspecified atom stereocenters. The number of anilines is 1. The molecule has 1 fully saturated rings. The zero-order valence-corrected chi connectivity index (χ0v) is 15.6. The third-order valence-corrected chi connectivity index (χ3v) is 4.98. The molecule has 0 atom stereocenters. The molecule has 2 amide bonds. The summed E-state index contributed by atoms with van der Waals surface area (Å²) in [6.07, 6.45) is 5.29. The summed E-state index contributed by atoms with van der Waals surface area (Å²) in [5.74, 6) is -0.453. The first-order valence-electron chi connectivity index (χ1n) is 8.99. The lowest BCUT2D eigenvalue weighted by Crippen LogP contribution is -2.41. The van der Waals surface area contributed by atoms with Crippen LogP contribution in [0, 0.1) is 5.41 Å². The van der Waals surface area contributed by atoms with E-state index in [2.05, 4.69) is 10.3 Å². The van der Waals surface area contributed by atoms with Crippen LogP contribution >= 0.6 is 0 Å². The predicted molar refractivity (Wildman–Crippen MR) is 102 cm³/mol. The maximum Gasteiger partial charge on any atom is 0.240 e. The van der Waals surface area contributed by atoms with Crippen LogP contribution in [-0.4, -0.2) is 41.1 Å². The molecule has 6 heteroatoms. The highest BCUT2D eigenvalue weighted by Crippen LogP contribution is 2.48. The van der Waals surface area contributed by atoms with E-state index >= 15 is 0 Å². The van der Waals surface area contributed by atoms with E-state index in [1.807, 2.05) is 12.1 Å². The number of carbonyl (C=O) groups excluding carboxylic acids is 3. The molecule has 0 saturated heterocycles. The second-order valence-electron chi connectivity index (χ2n) is 7.00. The Morgan fingerprint density at radius 3 is 2.26 bits per heavy atom. The molecule has 3 rings (SSSR count). The van der Waals surface area contributed by atoms with Crippen LogP contribution in [0.25, 0.3) is 0 Å². The molecule has 0 radical (unpaired) electrons. The van der Waals surface area contributed by atoms with Crippen molar-refractivity contribution < 1.29 is 14.4 Å². The normalized spacial score (nSPS) is 14.3. The highest BCUT2D eigenvalue weighted by Gasteiger charge is 2.57. The Kier molecular flexibility index (Phi) is 5.35. The van der Waals surface area contributed by atoms with Crippen LogP contribution in [0.4, 0.5) is 5.69 Å². The zero-order valence-electron chi connectivity index (χ0n) is 15.6. The van der Waals surface area contributed by atoms with Gasteiger partial charge in [-0.3, -0.25) is 19.4 Å². The number of nitrogens with zero attached hydrogens (tertiary/aromatic N) is 2. The van der Waals surface area contributed by atoms with Crippen LogP contribution in [0.3, 0.4) is 0 Å². The van der Waals surface area contributed by atoms with E-state index < -0.39 is 5.41 Å². The van der Waals surface area contributed by atoms with Gasteiger partial charge in [0.25, 0.3) is 0 Å². The van der Waals surface area contributed by atoms with Crippen LogP contribution in [0.5, 0.6) is 0 Å². The molecular weight excluding hydrogens is 342 g/mol. The van der Waals surface area contributed by atoms with Gasteiger partial charge in [-0.2, -0.15) is 0 Å². The summed E-state index contributed by atoms with van der Waals surface area (Å²) in [6, 6.07) is 10.5. The molecule has 27 heavy (non-hydrogen) atoms. The third kappa shape index (κ3) is 4.22. The van der Waals surface area contributed by atoms with Crippen molar-refractivity contribution in [1.82, 2.24) is 9.88 Å². The number of nitrogens with one attached hydrogen (secondary N) is 1. The van der Waals surface area contributed by atoms with Crippen LogP contribution in [-0.2, 0) is 16.0 Å². The Hall–Kier alpha value is -3.02. The number of rotatable bonds is 7. The van der Waals surface area contributed by atoms with E-state index in [4.69, 9.17) is 0 Å². The van der Waals surface area contributed by atoms with E-state index in [9.17, 15) is 14.4 Å². The summed E-state index contributed by atoms with van der Waals surface area (Å²) in [5, 5.41) is 2.81. The molecule has 2 aromatic rings. The summed E-state index contributed by atoms with van der Waals surface area (Å²) in [6.45, 7) is 2.04. The minimum Gasteiger partial charge on any atom is -0.344 e. The van der Waals surface area contributed by atoms with Gasteiger partial charge in [0.2, 0.25) is 11.8 Å². The number of ketones is 1. The Labute approximate surface area is 158 Å². The van der Waals surface area contributed by atoms with E-state index in [0.29, 0.717) is 30.6 Å². The predicted octanol–water partition coefficient (Wildman–Crippen LogP) is 2.70. The second kappa shape index (κ2) is 7.70. The fraction of sp³-hybridized carbons (Fsp3) is 0.333. The van der Waals surface area contributed by atoms with Crippen molar-refractivity contribution in [3.8, 4) is 0 Å². The summed E-state index contributed by atoms with van der Waals surface area (Å²) >= 11 is 0. The number of hydrogen-bond donors (Lipinski definition) is 1. The third-order valence-electron chi connectivity index (χ3n) is 4.98. The lowest BCUT2D eigenvalue weighted by atomic mass is 10.0. The van der Waals surface area contributed by atoms with Crippen molar-refractivity contribution in [2.45, 2.75) is 26.2 Å². The first kappa shape index (κ1) is 18.8. The number of aromatic nitrogens is 1. The maximum atomic E-state index is 12.8. The van der Waals surface area contributed by atoms with Gasteiger partial charge in [0.15, 0.2) is 5.78 Å². The van der Waals surface area contributed by atoms with E-state index in [0.717, 1.165) is 12.0 Å². The molecule has 1 aromatic carbocycles. The van der Waals surface area contributed by atoms with Gasteiger partial charge in [-0.15, -0.1) is 0 Å². The quantitative estimate of drug-likeness (QED) is 0.604. The average molecular weight is 365 g/mol. The Morgan fingerprint density at radius 1 is 1.07 bits per heavy atom. The summed E-state index contributed by atoms with van der Waals surface area (Å²) < 4.78 is 0. The zero-order chi connectivity index (χ0) is 19.4.